The number of hydrogen-bond acceptors (Lipinski definition) is 4. The van der Waals surface area contributed by atoms with Gasteiger partial charge in [0.1, 0.15) is 12.7 Å². The summed E-state index contributed by atoms with van der Waals surface area (Å²) in [5.74, 6) is -0.397. The van der Waals surface area contributed by atoms with Crippen LogP contribution in [-0.4, -0.2) is 37.0 Å². The van der Waals surface area contributed by atoms with E-state index in [-0.39, 0.29) is 13.2 Å². The highest BCUT2D eigenvalue weighted by atomic mass is 16.5. The monoisotopic (exact) mass is 175 g/mol. The summed E-state index contributed by atoms with van der Waals surface area (Å²) in [5.41, 5.74) is 0. The molecule has 0 aromatic carbocycles. The summed E-state index contributed by atoms with van der Waals surface area (Å²) in [4.78, 5) is 10.3. The van der Waals surface area contributed by atoms with Crippen LogP contribution in [0.4, 0.5) is 0 Å². The van der Waals surface area contributed by atoms with E-state index in [0.29, 0.717) is 13.0 Å². The molecule has 0 aromatic rings. The molecule has 0 amide bonds. The summed E-state index contributed by atoms with van der Waals surface area (Å²) < 4.78 is 9.52. The molecular weight excluding hydrogens is 160 g/mol. The lowest BCUT2D eigenvalue weighted by Crippen LogP contribution is -2.23. The summed E-state index contributed by atoms with van der Waals surface area (Å²) in [5, 5.41) is 9.10. The van der Waals surface area contributed by atoms with Crippen molar-refractivity contribution < 1.29 is 19.4 Å². The van der Waals surface area contributed by atoms with Gasteiger partial charge < -0.3 is 14.6 Å². The molecule has 0 saturated carbocycles. The number of ether oxygens (including phenoxy) is 2. The van der Waals surface area contributed by atoms with E-state index in [4.69, 9.17) is 9.84 Å². The number of aliphatic hydroxyl groups excluding tert-OH is 1. The van der Waals surface area contributed by atoms with Gasteiger partial charge in [0.25, 0.3) is 0 Å². The highest BCUT2D eigenvalue weighted by Gasteiger charge is 2.05. The van der Waals surface area contributed by atoms with Gasteiger partial charge in [-0.25, -0.2) is 0 Å². The summed E-state index contributed by atoms with van der Waals surface area (Å²) >= 11 is 0. The minimum Gasteiger partial charge on any atom is -0.463 e. The van der Waals surface area contributed by atoms with Crippen molar-refractivity contribution in [1.29, 1.82) is 0 Å². The normalized spacial score (nSPS) is 12.6. The van der Waals surface area contributed by atoms with Crippen molar-refractivity contribution in [2.75, 3.05) is 19.8 Å². The van der Waals surface area contributed by atoms with Crippen LogP contribution in [-0.2, 0) is 14.3 Å². The maximum absolute atomic E-state index is 10.3. The third-order valence-electron chi connectivity index (χ3n) is 1.08. The number of esters is 1. The fraction of sp³-hybridized carbons (Fsp3) is 0.750. The molecule has 0 heterocycles. The van der Waals surface area contributed by atoms with Crippen molar-refractivity contribution in [3.63, 3.8) is 0 Å². The Labute approximate surface area is 72.5 Å². The zero-order valence-electron chi connectivity index (χ0n) is 7.28. The molecule has 0 aromatic heterocycles. The smallest absolute Gasteiger partial charge is 0.302 e. The van der Waals surface area contributed by atoms with E-state index in [9.17, 15) is 4.79 Å². The Kier molecular flexibility index (Phi) is 6.70. The standard InChI is InChI=1S/C8H15O4/c1-3-4-11-5-8(10)6-12-7(2)9/h8,10H,1,3-6H2,2H3. The molecule has 0 aliphatic heterocycles. The second-order valence-electron chi connectivity index (χ2n) is 2.38. The lowest BCUT2D eigenvalue weighted by Gasteiger charge is -2.09. The average molecular weight is 175 g/mol. The van der Waals surface area contributed by atoms with E-state index < -0.39 is 12.1 Å². The fourth-order valence-electron chi connectivity index (χ4n) is 0.583. The molecule has 0 saturated heterocycles. The molecule has 0 aliphatic carbocycles. The predicted octanol–water partition coefficient (Wildman–Crippen LogP) is 0.151. The van der Waals surface area contributed by atoms with Gasteiger partial charge in [0.15, 0.2) is 0 Å². The van der Waals surface area contributed by atoms with Crippen LogP contribution >= 0.6 is 0 Å². The number of aliphatic hydroxyl groups is 1. The van der Waals surface area contributed by atoms with Crippen LogP contribution in [0, 0.1) is 6.92 Å². The molecule has 0 spiro atoms. The molecular formula is C8H15O4. The molecule has 1 N–H and O–H groups in total. The predicted molar refractivity (Wildman–Crippen MR) is 43.4 cm³/mol. The largest absolute Gasteiger partial charge is 0.463 e. The Hall–Kier alpha value is -0.610. The van der Waals surface area contributed by atoms with Gasteiger partial charge in [-0.15, -0.1) is 0 Å². The van der Waals surface area contributed by atoms with Crippen LogP contribution in [0.1, 0.15) is 13.3 Å². The van der Waals surface area contributed by atoms with Gasteiger partial charge in [0.2, 0.25) is 0 Å². The minimum absolute atomic E-state index is 0.00746. The van der Waals surface area contributed by atoms with Crippen LogP contribution in [0.3, 0.4) is 0 Å². The summed E-state index contributed by atoms with van der Waals surface area (Å²) in [6, 6.07) is 0. The second-order valence-corrected chi connectivity index (χ2v) is 2.38. The first-order valence-electron chi connectivity index (χ1n) is 3.85. The maximum Gasteiger partial charge on any atom is 0.302 e. The number of carbonyl (C=O) groups is 1. The van der Waals surface area contributed by atoms with E-state index in [2.05, 4.69) is 11.7 Å². The van der Waals surface area contributed by atoms with Crippen LogP contribution in [0.2, 0.25) is 0 Å². The van der Waals surface area contributed by atoms with Crippen LogP contribution in [0.25, 0.3) is 0 Å². The van der Waals surface area contributed by atoms with Crippen molar-refractivity contribution in [1.82, 2.24) is 0 Å². The summed E-state index contributed by atoms with van der Waals surface area (Å²) in [6.07, 6.45) is -0.0687. The Bertz CT molecular complexity index is 124. The minimum atomic E-state index is -0.736. The quantitative estimate of drug-likeness (QED) is 0.461. The lowest BCUT2D eigenvalue weighted by molar-refractivity contribution is -0.145. The topological polar surface area (TPSA) is 55.8 Å². The van der Waals surface area contributed by atoms with E-state index >= 15 is 0 Å². The van der Waals surface area contributed by atoms with Crippen molar-refractivity contribution >= 4 is 5.97 Å². The van der Waals surface area contributed by atoms with Crippen molar-refractivity contribution in [3.8, 4) is 0 Å². The molecule has 4 nitrogen and oxygen atoms in total. The zero-order valence-corrected chi connectivity index (χ0v) is 7.28. The van der Waals surface area contributed by atoms with E-state index in [1.165, 1.54) is 6.92 Å². The van der Waals surface area contributed by atoms with Crippen molar-refractivity contribution in [2.45, 2.75) is 19.4 Å². The molecule has 1 radical (unpaired) electrons. The second kappa shape index (κ2) is 7.06. The SMILES string of the molecule is [CH2]CCOCC(O)COC(C)=O. The molecule has 0 rings (SSSR count). The van der Waals surface area contributed by atoms with Crippen molar-refractivity contribution in [3.05, 3.63) is 6.92 Å². The van der Waals surface area contributed by atoms with Crippen LogP contribution in [0.5, 0.6) is 0 Å². The molecule has 0 aliphatic rings. The Morgan fingerprint density at radius 1 is 1.58 bits per heavy atom. The Morgan fingerprint density at radius 3 is 2.75 bits per heavy atom. The molecule has 1 atom stereocenters. The average Bonchev–Trinajstić information content (AvgIpc) is 2.01. The number of hydrogen-bond donors (Lipinski definition) is 1. The third-order valence-corrected chi connectivity index (χ3v) is 1.08. The van der Waals surface area contributed by atoms with Crippen molar-refractivity contribution in [2.24, 2.45) is 0 Å². The molecule has 71 valence electrons. The highest BCUT2D eigenvalue weighted by molar-refractivity contribution is 5.65. The molecule has 12 heavy (non-hydrogen) atoms. The third kappa shape index (κ3) is 7.50. The van der Waals surface area contributed by atoms with E-state index in [1.807, 2.05) is 0 Å². The first-order valence-corrected chi connectivity index (χ1v) is 3.85. The van der Waals surface area contributed by atoms with E-state index in [0.717, 1.165) is 0 Å². The van der Waals surface area contributed by atoms with Crippen LogP contribution in [0.15, 0.2) is 0 Å². The first-order chi connectivity index (χ1) is 5.66. The fourth-order valence-corrected chi connectivity index (χ4v) is 0.583. The van der Waals surface area contributed by atoms with Gasteiger partial charge in [0, 0.05) is 13.5 Å². The first kappa shape index (κ1) is 11.4. The van der Waals surface area contributed by atoms with Gasteiger partial charge in [0.05, 0.1) is 6.61 Å². The van der Waals surface area contributed by atoms with Gasteiger partial charge >= 0.3 is 5.97 Å². The van der Waals surface area contributed by atoms with Gasteiger partial charge in [-0.2, -0.15) is 0 Å². The highest BCUT2D eigenvalue weighted by Crippen LogP contribution is 1.89. The molecule has 0 bridgehead atoms. The summed E-state index contributed by atoms with van der Waals surface area (Å²) in [6.45, 7) is 5.55. The molecule has 4 heteroatoms. The summed E-state index contributed by atoms with van der Waals surface area (Å²) in [7, 11) is 0. The lowest BCUT2D eigenvalue weighted by atomic mass is 10.4. The van der Waals surface area contributed by atoms with E-state index in [1.54, 1.807) is 0 Å². The van der Waals surface area contributed by atoms with Gasteiger partial charge in [-0.3, -0.25) is 4.79 Å². The molecule has 1 unspecified atom stereocenters. The Morgan fingerprint density at radius 2 is 2.25 bits per heavy atom. The zero-order chi connectivity index (χ0) is 9.40. The van der Waals surface area contributed by atoms with Crippen LogP contribution < -0.4 is 0 Å². The number of carbonyl (C=O) groups excluding carboxylic acids is 1. The Balaban J connectivity index is 3.21. The van der Waals surface area contributed by atoms with Gasteiger partial charge in [-0.1, -0.05) is 6.92 Å². The van der Waals surface area contributed by atoms with Gasteiger partial charge in [-0.05, 0) is 6.42 Å². The maximum atomic E-state index is 10.3. The number of rotatable bonds is 6. The molecule has 0 fully saturated rings.